The van der Waals surface area contributed by atoms with Crippen LogP contribution in [0.5, 0.6) is 0 Å². The molecule has 188 valence electrons. The highest BCUT2D eigenvalue weighted by Gasteiger charge is 2.47. The lowest BCUT2D eigenvalue weighted by Gasteiger charge is -2.26. The number of para-hydroxylation sites is 1. The van der Waals surface area contributed by atoms with Crippen molar-refractivity contribution in [2.24, 2.45) is 0 Å². The van der Waals surface area contributed by atoms with Crippen molar-refractivity contribution < 1.29 is 19.6 Å². The Labute approximate surface area is 218 Å². The molecule has 4 aromatic rings. The number of nitro benzene ring substituents is 1. The van der Waals surface area contributed by atoms with Crippen molar-refractivity contribution in [1.29, 1.82) is 0 Å². The number of aliphatic hydroxyl groups excluding tert-OH is 1. The van der Waals surface area contributed by atoms with Gasteiger partial charge < -0.3 is 10.4 Å². The predicted molar refractivity (Wildman–Crippen MR) is 145 cm³/mol. The molecule has 8 heteroatoms. The van der Waals surface area contributed by atoms with Gasteiger partial charge in [-0.1, -0.05) is 60.2 Å². The van der Waals surface area contributed by atoms with Crippen molar-refractivity contribution in [2.75, 3.05) is 10.2 Å². The number of aliphatic hydroxyl groups is 1. The van der Waals surface area contributed by atoms with Crippen LogP contribution in [0.4, 0.5) is 22.7 Å². The fraction of sp³-hybridized carbons (Fsp3) is 0.0667. The molecule has 1 aliphatic rings. The summed E-state index contributed by atoms with van der Waals surface area (Å²) in [7, 11) is 0. The third-order valence-corrected chi connectivity index (χ3v) is 6.34. The van der Waals surface area contributed by atoms with Gasteiger partial charge in [0.1, 0.15) is 5.76 Å². The van der Waals surface area contributed by atoms with Gasteiger partial charge in [0.15, 0.2) is 0 Å². The number of rotatable bonds is 6. The van der Waals surface area contributed by atoms with Gasteiger partial charge in [0.05, 0.1) is 16.5 Å². The number of aryl methyl sites for hydroxylation is 1. The van der Waals surface area contributed by atoms with E-state index in [2.05, 4.69) is 5.32 Å². The van der Waals surface area contributed by atoms with Gasteiger partial charge in [-0.15, -0.1) is 0 Å². The first kappa shape index (κ1) is 24.5. The molecular formula is C30H23N3O5. The quantitative estimate of drug-likeness (QED) is 0.105. The fourth-order valence-corrected chi connectivity index (χ4v) is 4.57. The normalized spacial score (nSPS) is 16.4. The highest BCUT2D eigenvalue weighted by atomic mass is 16.6. The maximum absolute atomic E-state index is 13.4. The van der Waals surface area contributed by atoms with Crippen LogP contribution in [0.15, 0.2) is 109 Å². The van der Waals surface area contributed by atoms with Crippen LogP contribution in [0.3, 0.4) is 0 Å². The van der Waals surface area contributed by atoms with Crippen LogP contribution >= 0.6 is 0 Å². The molecule has 0 bridgehead atoms. The molecule has 1 atom stereocenters. The first-order chi connectivity index (χ1) is 18.3. The van der Waals surface area contributed by atoms with E-state index in [4.69, 9.17) is 0 Å². The van der Waals surface area contributed by atoms with Gasteiger partial charge in [0, 0.05) is 34.8 Å². The predicted octanol–water partition coefficient (Wildman–Crippen LogP) is 6.27. The zero-order valence-corrected chi connectivity index (χ0v) is 20.4. The number of hydrogen-bond acceptors (Lipinski definition) is 6. The summed E-state index contributed by atoms with van der Waals surface area (Å²) in [5.41, 5.74) is 3.41. The second-order valence-corrected chi connectivity index (χ2v) is 8.93. The van der Waals surface area contributed by atoms with E-state index in [1.165, 1.54) is 29.2 Å². The van der Waals surface area contributed by atoms with Crippen molar-refractivity contribution in [3.63, 3.8) is 0 Å². The monoisotopic (exact) mass is 505 g/mol. The molecular weight excluding hydrogens is 482 g/mol. The second kappa shape index (κ2) is 10.0. The minimum Gasteiger partial charge on any atom is -0.507 e. The minimum atomic E-state index is -0.929. The van der Waals surface area contributed by atoms with Gasteiger partial charge in [-0.2, -0.15) is 0 Å². The van der Waals surface area contributed by atoms with Crippen LogP contribution in [0.2, 0.25) is 0 Å². The number of Topliss-reactive ketones (excluding diaryl/α,β-unsaturated/α-hetero) is 1. The average Bonchev–Trinajstić information content (AvgIpc) is 3.19. The van der Waals surface area contributed by atoms with E-state index < -0.39 is 28.4 Å². The third-order valence-electron chi connectivity index (χ3n) is 6.34. The Balaban J connectivity index is 1.61. The number of non-ortho nitro benzene ring substituents is 1. The Morgan fingerprint density at radius 2 is 1.55 bits per heavy atom. The average molecular weight is 506 g/mol. The molecule has 4 aromatic carbocycles. The smallest absolute Gasteiger partial charge is 0.300 e. The van der Waals surface area contributed by atoms with E-state index in [-0.39, 0.29) is 16.8 Å². The van der Waals surface area contributed by atoms with Gasteiger partial charge in [-0.05, 0) is 48.9 Å². The summed E-state index contributed by atoms with van der Waals surface area (Å²) in [6.45, 7) is 1.89. The SMILES string of the molecule is Cc1cccc(C2/C(=C(/O)c3cccc([N+](=O)[O-])c3)C(=O)C(=O)N2c2ccc(Nc3ccccc3)cc2)c1. The molecule has 1 unspecified atom stereocenters. The number of hydrogen-bond donors (Lipinski definition) is 2. The van der Waals surface area contributed by atoms with Gasteiger partial charge in [-0.25, -0.2) is 0 Å². The number of benzene rings is 4. The van der Waals surface area contributed by atoms with Crippen molar-refractivity contribution in [3.05, 3.63) is 136 Å². The molecule has 0 spiro atoms. The summed E-state index contributed by atoms with van der Waals surface area (Å²) in [5, 5.41) is 25.8. The van der Waals surface area contributed by atoms with Crippen LogP contribution < -0.4 is 10.2 Å². The molecule has 1 saturated heterocycles. The van der Waals surface area contributed by atoms with Crippen LogP contribution in [0.25, 0.3) is 5.76 Å². The number of carbonyl (C=O) groups is 2. The molecule has 1 heterocycles. The van der Waals surface area contributed by atoms with Gasteiger partial charge in [0.2, 0.25) is 0 Å². The number of nitrogens with one attached hydrogen (secondary N) is 1. The van der Waals surface area contributed by atoms with Crippen molar-refractivity contribution >= 4 is 40.2 Å². The number of ketones is 1. The number of nitro groups is 1. The Morgan fingerprint density at radius 1 is 0.868 bits per heavy atom. The molecule has 0 saturated carbocycles. The number of anilines is 3. The zero-order chi connectivity index (χ0) is 26.8. The molecule has 0 aromatic heterocycles. The van der Waals surface area contributed by atoms with E-state index in [1.54, 1.807) is 30.3 Å². The topological polar surface area (TPSA) is 113 Å². The van der Waals surface area contributed by atoms with Crippen molar-refractivity contribution in [2.45, 2.75) is 13.0 Å². The van der Waals surface area contributed by atoms with E-state index in [1.807, 2.05) is 55.5 Å². The summed E-state index contributed by atoms with van der Waals surface area (Å²) >= 11 is 0. The molecule has 0 radical (unpaired) electrons. The van der Waals surface area contributed by atoms with Crippen LogP contribution in [-0.4, -0.2) is 21.7 Å². The number of amides is 1. The summed E-state index contributed by atoms with van der Waals surface area (Å²) < 4.78 is 0. The first-order valence-corrected chi connectivity index (χ1v) is 11.9. The first-order valence-electron chi connectivity index (χ1n) is 11.9. The Hall–Kier alpha value is -5.24. The second-order valence-electron chi connectivity index (χ2n) is 8.93. The molecule has 8 nitrogen and oxygen atoms in total. The molecule has 1 aliphatic heterocycles. The Bertz CT molecular complexity index is 1580. The molecule has 1 amide bonds. The standard InChI is InChI=1S/C30H23N3O5/c1-19-7-5-8-20(17-19)27-26(28(34)21-9-6-12-25(18-21)33(37)38)29(35)30(36)32(27)24-15-13-23(14-16-24)31-22-10-3-2-4-11-22/h2-18,27,31,34H,1H3/b28-26-. The Kier molecular flexibility index (Phi) is 6.45. The lowest BCUT2D eigenvalue weighted by Crippen LogP contribution is -2.29. The van der Waals surface area contributed by atoms with E-state index in [0.717, 1.165) is 16.9 Å². The molecule has 0 aliphatic carbocycles. The van der Waals surface area contributed by atoms with Crippen molar-refractivity contribution in [3.8, 4) is 0 Å². The highest BCUT2D eigenvalue weighted by molar-refractivity contribution is 6.51. The fourth-order valence-electron chi connectivity index (χ4n) is 4.57. The van der Waals surface area contributed by atoms with Crippen LogP contribution in [0, 0.1) is 17.0 Å². The maximum Gasteiger partial charge on any atom is 0.300 e. The Morgan fingerprint density at radius 3 is 2.24 bits per heavy atom. The summed E-state index contributed by atoms with van der Waals surface area (Å²) in [5.74, 6) is -2.14. The van der Waals surface area contributed by atoms with E-state index in [0.29, 0.717) is 11.3 Å². The molecule has 38 heavy (non-hydrogen) atoms. The summed E-state index contributed by atoms with van der Waals surface area (Å²) in [6, 6.07) is 28.4. The highest BCUT2D eigenvalue weighted by Crippen LogP contribution is 2.42. The van der Waals surface area contributed by atoms with Gasteiger partial charge >= 0.3 is 0 Å². The summed E-state index contributed by atoms with van der Waals surface area (Å²) in [6.07, 6.45) is 0. The van der Waals surface area contributed by atoms with Gasteiger partial charge in [0.25, 0.3) is 17.4 Å². The van der Waals surface area contributed by atoms with Crippen LogP contribution in [0.1, 0.15) is 22.7 Å². The number of carbonyl (C=O) groups excluding carboxylic acids is 2. The minimum absolute atomic E-state index is 0.0808. The van der Waals surface area contributed by atoms with Crippen LogP contribution in [-0.2, 0) is 9.59 Å². The van der Waals surface area contributed by atoms with Crippen molar-refractivity contribution in [1.82, 2.24) is 0 Å². The zero-order valence-electron chi connectivity index (χ0n) is 20.4. The lowest BCUT2D eigenvalue weighted by atomic mass is 9.94. The molecule has 2 N–H and O–H groups in total. The lowest BCUT2D eigenvalue weighted by molar-refractivity contribution is -0.384. The largest absolute Gasteiger partial charge is 0.507 e. The maximum atomic E-state index is 13.4. The van der Waals surface area contributed by atoms with E-state index in [9.17, 15) is 24.8 Å². The molecule has 5 rings (SSSR count). The van der Waals surface area contributed by atoms with Gasteiger partial charge in [-0.3, -0.25) is 24.6 Å². The molecule has 1 fully saturated rings. The van der Waals surface area contributed by atoms with E-state index >= 15 is 0 Å². The number of nitrogens with zero attached hydrogens (tertiary/aromatic N) is 2. The third kappa shape index (κ3) is 4.62. The summed E-state index contributed by atoms with van der Waals surface area (Å²) in [4.78, 5) is 38.8.